The fourth-order valence-electron chi connectivity index (χ4n) is 0.501. The molecule has 0 aliphatic rings. The van der Waals surface area contributed by atoms with Gasteiger partial charge in [0.05, 0.1) is 26.2 Å². The molecule has 0 aliphatic heterocycles. The summed E-state index contributed by atoms with van der Waals surface area (Å²) in [5.41, 5.74) is 0. The highest BCUT2D eigenvalue weighted by Crippen LogP contribution is 2.21. The lowest BCUT2D eigenvalue weighted by Crippen LogP contribution is -2.34. The van der Waals surface area contributed by atoms with Gasteiger partial charge in [0.15, 0.2) is 0 Å². The summed E-state index contributed by atoms with van der Waals surface area (Å²) in [7, 11) is 1.56. The van der Waals surface area contributed by atoms with E-state index >= 15 is 0 Å². The molecule has 6 nitrogen and oxygen atoms in total. The Labute approximate surface area is 158 Å². The van der Waals surface area contributed by atoms with Crippen molar-refractivity contribution >= 4 is 17.7 Å². The number of ether oxygens (including phenoxy) is 3. The standard InChI is InChI=1S/C6H7F3O2.C4F6O3.C3H6O.CH4/c1-2-11-4-3-5(10)6(7,8)9;5-3(6,7)1(11)13-2(12)4(8,9)10;1-3-4-2;/h3-4H,2H2,1H3;;3H,1H2,2H3;1H4/b4-3+;;;. The van der Waals surface area contributed by atoms with Crippen LogP contribution in [0.25, 0.3) is 0 Å². The number of rotatable bonds is 4. The summed E-state index contributed by atoms with van der Waals surface area (Å²) in [6, 6.07) is 0. The van der Waals surface area contributed by atoms with Gasteiger partial charge >= 0.3 is 30.5 Å². The number of carbonyl (C=O) groups excluding carboxylic acids is 3. The molecule has 0 saturated heterocycles. The van der Waals surface area contributed by atoms with Crippen molar-refractivity contribution in [3.8, 4) is 0 Å². The van der Waals surface area contributed by atoms with Crippen LogP contribution >= 0.6 is 0 Å². The highest BCUT2D eigenvalue weighted by atomic mass is 19.4. The van der Waals surface area contributed by atoms with Gasteiger partial charge in [-0.3, -0.25) is 4.79 Å². The second kappa shape index (κ2) is 15.2. The molecule has 29 heavy (non-hydrogen) atoms. The van der Waals surface area contributed by atoms with E-state index in [9.17, 15) is 53.9 Å². The number of halogens is 9. The molecule has 0 saturated carbocycles. The quantitative estimate of drug-likeness (QED) is 0.209. The van der Waals surface area contributed by atoms with E-state index in [-0.39, 0.29) is 14.0 Å². The third-order valence-electron chi connectivity index (χ3n) is 1.58. The molecule has 0 radical (unpaired) electrons. The van der Waals surface area contributed by atoms with Crippen molar-refractivity contribution < 1.29 is 68.1 Å². The first-order chi connectivity index (χ1) is 12.4. The van der Waals surface area contributed by atoms with Crippen molar-refractivity contribution in [2.45, 2.75) is 32.9 Å². The second-order valence-electron chi connectivity index (χ2n) is 3.69. The molecule has 0 unspecified atom stereocenters. The highest BCUT2D eigenvalue weighted by Gasteiger charge is 2.49. The summed E-state index contributed by atoms with van der Waals surface area (Å²) in [5, 5.41) is 0. The molecule has 0 spiro atoms. The number of hydrogen-bond donors (Lipinski definition) is 0. The Morgan fingerprint density at radius 2 is 1.21 bits per heavy atom. The second-order valence-corrected chi connectivity index (χ2v) is 3.69. The molecule has 0 aliphatic carbocycles. The Bertz CT molecular complexity index is 509. The van der Waals surface area contributed by atoms with E-state index in [0.29, 0.717) is 6.08 Å². The number of carbonyl (C=O) groups is 3. The number of alkyl halides is 9. The smallest absolute Gasteiger partial charge is 0.491 e. The van der Waals surface area contributed by atoms with Gasteiger partial charge in [-0.25, -0.2) is 9.59 Å². The molecule has 0 heterocycles. The van der Waals surface area contributed by atoms with Crippen LogP contribution in [0, 0.1) is 0 Å². The van der Waals surface area contributed by atoms with Crippen LogP contribution in [0.3, 0.4) is 0 Å². The van der Waals surface area contributed by atoms with Crippen LogP contribution in [0.4, 0.5) is 39.5 Å². The van der Waals surface area contributed by atoms with Gasteiger partial charge in [-0.15, -0.1) is 0 Å². The first-order valence-electron chi connectivity index (χ1n) is 6.38. The number of esters is 2. The van der Waals surface area contributed by atoms with Crippen molar-refractivity contribution in [2.24, 2.45) is 0 Å². The lowest BCUT2D eigenvalue weighted by atomic mass is 10.4. The summed E-state index contributed by atoms with van der Waals surface area (Å²) in [4.78, 5) is 29.4. The molecule has 0 atom stereocenters. The zero-order valence-corrected chi connectivity index (χ0v) is 14.0. The molecule has 0 amide bonds. The largest absolute Gasteiger partial charge is 0.505 e. The molecule has 0 rings (SSSR count). The van der Waals surface area contributed by atoms with E-state index in [2.05, 4.69) is 20.8 Å². The third kappa shape index (κ3) is 21.4. The van der Waals surface area contributed by atoms with Gasteiger partial charge in [0.1, 0.15) is 0 Å². The maximum atomic E-state index is 11.4. The highest BCUT2D eigenvalue weighted by molar-refractivity contribution is 5.94. The molecule has 0 aromatic rings. The SMILES string of the molecule is C.C=COC.CCO/C=C/C(=O)C(F)(F)F.O=C(OC(=O)C(F)(F)F)C(F)(F)F. The van der Waals surface area contributed by atoms with Crippen LogP contribution in [0.15, 0.2) is 25.2 Å². The molecule has 172 valence electrons. The van der Waals surface area contributed by atoms with Crippen molar-refractivity contribution in [1.29, 1.82) is 0 Å². The average molecular weight is 452 g/mol. The average Bonchev–Trinajstić information content (AvgIpc) is 2.53. The molecule has 0 aromatic heterocycles. The summed E-state index contributed by atoms with van der Waals surface area (Å²) in [6.45, 7) is 5.09. The first kappa shape index (κ1) is 33.8. The zero-order chi connectivity index (χ0) is 23.2. The minimum atomic E-state index is -5.62. The van der Waals surface area contributed by atoms with Crippen LogP contribution in [0.5, 0.6) is 0 Å². The maximum Gasteiger partial charge on any atom is 0.491 e. The van der Waals surface area contributed by atoms with Crippen LogP contribution in [0.2, 0.25) is 0 Å². The summed E-state index contributed by atoms with van der Waals surface area (Å²) < 4.78 is 113. The van der Waals surface area contributed by atoms with Crippen LogP contribution in [0.1, 0.15) is 14.4 Å². The molecule has 0 aromatic carbocycles. The Morgan fingerprint density at radius 3 is 1.41 bits per heavy atom. The van der Waals surface area contributed by atoms with Crippen LogP contribution in [-0.2, 0) is 28.6 Å². The molecular formula is C14H17F9O6. The van der Waals surface area contributed by atoms with Crippen molar-refractivity contribution in [2.75, 3.05) is 13.7 Å². The van der Waals surface area contributed by atoms with Crippen LogP contribution in [-0.4, -0.2) is 50.0 Å². The van der Waals surface area contributed by atoms with Crippen LogP contribution < -0.4 is 0 Å². The van der Waals surface area contributed by atoms with Crippen molar-refractivity contribution in [1.82, 2.24) is 0 Å². The molecular weight excluding hydrogens is 435 g/mol. The van der Waals surface area contributed by atoms with Gasteiger partial charge in [0, 0.05) is 6.08 Å². The fourth-order valence-corrected chi connectivity index (χ4v) is 0.501. The van der Waals surface area contributed by atoms with E-state index in [0.717, 1.165) is 6.26 Å². The van der Waals surface area contributed by atoms with Crippen molar-refractivity contribution in [3.63, 3.8) is 0 Å². The van der Waals surface area contributed by atoms with E-state index in [1.807, 2.05) is 0 Å². The Balaban J connectivity index is -0.000000178. The van der Waals surface area contributed by atoms with E-state index in [1.165, 1.54) is 6.26 Å². The Hall–Kier alpha value is -2.74. The minimum Gasteiger partial charge on any atom is -0.505 e. The third-order valence-corrected chi connectivity index (χ3v) is 1.58. The van der Waals surface area contributed by atoms with E-state index in [4.69, 9.17) is 0 Å². The Kier molecular flexibility index (Phi) is 17.7. The number of hydrogen-bond acceptors (Lipinski definition) is 6. The predicted molar refractivity (Wildman–Crippen MR) is 79.0 cm³/mol. The van der Waals surface area contributed by atoms with Gasteiger partial charge < -0.3 is 14.2 Å². The van der Waals surface area contributed by atoms with Gasteiger partial charge in [0.25, 0.3) is 5.78 Å². The minimum absolute atomic E-state index is 0. The molecule has 0 fully saturated rings. The predicted octanol–water partition coefficient (Wildman–Crippen LogP) is 4.26. The normalized spacial score (nSPS) is 10.9. The number of ketones is 1. The fraction of sp³-hybridized carbons (Fsp3) is 0.500. The first-order valence-corrected chi connectivity index (χ1v) is 6.38. The molecule has 0 N–H and O–H groups in total. The zero-order valence-electron chi connectivity index (χ0n) is 14.0. The van der Waals surface area contributed by atoms with Gasteiger partial charge in [-0.2, -0.15) is 39.5 Å². The number of methoxy groups -OCH3 is 1. The monoisotopic (exact) mass is 452 g/mol. The van der Waals surface area contributed by atoms with E-state index in [1.54, 1.807) is 14.0 Å². The van der Waals surface area contributed by atoms with Gasteiger partial charge in [0.2, 0.25) is 0 Å². The Morgan fingerprint density at radius 1 is 0.862 bits per heavy atom. The van der Waals surface area contributed by atoms with Gasteiger partial charge in [-0.05, 0) is 6.92 Å². The van der Waals surface area contributed by atoms with Crippen molar-refractivity contribution in [3.05, 3.63) is 25.2 Å². The maximum absolute atomic E-state index is 11.4. The summed E-state index contributed by atoms with van der Waals surface area (Å²) >= 11 is 0. The lowest BCUT2D eigenvalue weighted by molar-refractivity contribution is -0.221. The topological polar surface area (TPSA) is 78.9 Å². The molecule has 0 bridgehead atoms. The number of allylic oxidation sites excluding steroid dienone is 1. The van der Waals surface area contributed by atoms with Gasteiger partial charge in [-0.1, -0.05) is 14.0 Å². The molecule has 15 heteroatoms. The van der Waals surface area contributed by atoms with E-state index < -0.39 is 36.3 Å². The summed E-state index contributed by atoms with van der Waals surface area (Å²) in [6.07, 6.45) is -13.6. The summed E-state index contributed by atoms with van der Waals surface area (Å²) in [5.74, 6) is -8.31. The lowest BCUT2D eigenvalue weighted by Gasteiger charge is -2.06.